The molecule has 0 radical (unpaired) electrons. The molecule has 2 saturated heterocycles. The Morgan fingerprint density at radius 1 is 1.10 bits per heavy atom. The van der Waals surface area contributed by atoms with Gasteiger partial charge in [-0.3, -0.25) is 4.79 Å². The van der Waals surface area contributed by atoms with Crippen LogP contribution in [0.2, 0.25) is 0 Å². The van der Waals surface area contributed by atoms with Gasteiger partial charge < -0.3 is 14.6 Å². The lowest BCUT2D eigenvalue weighted by molar-refractivity contribution is -0.145. The number of ether oxygens (including phenoxy) is 2. The first-order valence-electron chi connectivity index (χ1n) is 10.5. The van der Waals surface area contributed by atoms with Gasteiger partial charge in [0.1, 0.15) is 0 Å². The van der Waals surface area contributed by atoms with Gasteiger partial charge in [-0.1, -0.05) is 19.3 Å². The van der Waals surface area contributed by atoms with E-state index in [2.05, 4.69) is 0 Å². The van der Waals surface area contributed by atoms with Crippen molar-refractivity contribution in [1.29, 1.82) is 0 Å². The SMILES string of the molecule is O=C(O)C1(S(=O)(=O)N2CCC(CCCCCOCCC(F)(F)F)CC2)CCOCC1. The lowest BCUT2D eigenvalue weighted by Crippen LogP contribution is -2.57. The van der Waals surface area contributed by atoms with Gasteiger partial charge in [0.25, 0.3) is 0 Å². The maximum atomic E-state index is 13.1. The first-order valence-corrected chi connectivity index (χ1v) is 12.0. The topological polar surface area (TPSA) is 93.1 Å². The van der Waals surface area contributed by atoms with Crippen LogP contribution in [-0.2, 0) is 24.3 Å². The number of halogens is 3. The number of rotatable bonds is 11. The summed E-state index contributed by atoms with van der Waals surface area (Å²) in [6.07, 6.45) is -0.403. The molecule has 0 atom stereocenters. The molecule has 1 N–H and O–H groups in total. The normalized spacial score (nSPS) is 21.6. The fourth-order valence-electron chi connectivity index (χ4n) is 4.07. The minimum absolute atomic E-state index is 0.0321. The van der Waals surface area contributed by atoms with Crippen LogP contribution in [0, 0.1) is 5.92 Å². The fourth-order valence-corrected chi connectivity index (χ4v) is 6.16. The molecule has 0 saturated carbocycles. The van der Waals surface area contributed by atoms with Gasteiger partial charge in [-0.2, -0.15) is 13.2 Å². The summed E-state index contributed by atoms with van der Waals surface area (Å²) in [5.41, 5.74) is 0. The molecule has 0 spiro atoms. The number of carboxylic acid groups (broad SMARTS) is 1. The van der Waals surface area contributed by atoms with E-state index in [-0.39, 0.29) is 32.7 Å². The molecular formula is C19H32F3NO6S. The summed E-state index contributed by atoms with van der Waals surface area (Å²) in [7, 11) is -3.96. The Kier molecular flexibility index (Phi) is 9.38. The number of carboxylic acids is 1. The van der Waals surface area contributed by atoms with E-state index < -0.39 is 33.3 Å². The fraction of sp³-hybridized carbons (Fsp3) is 0.947. The second-order valence-corrected chi connectivity index (χ2v) is 10.3. The highest BCUT2D eigenvalue weighted by Crippen LogP contribution is 2.35. The molecule has 0 unspecified atom stereocenters. The molecule has 176 valence electrons. The number of hydrogen-bond donors (Lipinski definition) is 1. The number of aliphatic carboxylic acids is 1. The Balaban J connectivity index is 1.68. The van der Waals surface area contributed by atoms with Gasteiger partial charge in [-0.15, -0.1) is 0 Å². The lowest BCUT2D eigenvalue weighted by Gasteiger charge is -2.39. The third kappa shape index (κ3) is 6.80. The van der Waals surface area contributed by atoms with Gasteiger partial charge in [0, 0.05) is 45.8 Å². The summed E-state index contributed by atoms with van der Waals surface area (Å²) in [5, 5.41) is 9.64. The van der Waals surface area contributed by atoms with Crippen molar-refractivity contribution in [3.8, 4) is 0 Å². The summed E-state index contributed by atoms with van der Waals surface area (Å²) in [4.78, 5) is 11.8. The number of sulfonamides is 1. The quantitative estimate of drug-likeness (QED) is 0.477. The largest absolute Gasteiger partial charge is 0.480 e. The van der Waals surface area contributed by atoms with Crippen molar-refractivity contribution in [2.45, 2.75) is 68.7 Å². The molecule has 2 rings (SSSR count). The van der Waals surface area contributed by atoms with Crippen LogP contribution in [0.15, 0.2) is 0 Å². The standard InChI is InChI=1S/C19H32F3NO6S/c20-19(21,22)9-15-28-12-3-1-2-4-16-5-10-23(11-6-16)30(26,27)18(17(24)25)7-13-29-14-8-18/h16H,1-15H2,(H,24,25). The van der Waals surface area contributed by atoms with Crippen LogP contribution in [-0.4, -0.2) is 74.2 Å². The molecule has 11 heteroatoms. The van der Waals surface area contributed by atoms with Crippen LogP contribution in [0.25, 0.3) is 0 Å². The second-order valence-electron chi connectivity index (χ2n) is 8.09. The highest BCUT2D eigenvalue weighted by molar-refractivity contribution is 7.91. The summed E-state index contributed by atoms with van der Waals surface area (Å²) in [6.45, 7) is 0.908. The number of nitrogens with zero attached hydrogens (tertiary/aromatic N) is 1. The molecule has 2 aliphatic rings. The van der Waals surface area contributed by atoms with E-state index in [1.165, 1.54) is 4.31 Å². The van der Waals surface area contributed by atoms with Crippen LogP contribution in [0.4, 0.5) is 13.2 Å². The van der Waals surface area contributed by atoms with Crippen molar-refractivity contribution in [3.05, 3.63) is 0 Å². The van der Waals surface area contributed by atoms with Crippen LogP contribution in [0.3, 0.4) is 0 Å². The molecule has 0 aromatic heterocycles. The zero-order valence-electron chi connectivity index (χ0n) is 17.2. The zero-order chi connectivity index (χ0) is 22.3. The van der Waals surface area contributed by atoms with Crippen molar-refractivity contribution in [1.82, 2.24) is 4.31 Å². The molecule has 2 fully saturated rings. The molecule has 2 heterocycles. The second kappa shape index (κ2) is 11.1. The molecular weight excluding hydrogens is 427 g/mol. The third-order valence-corrected chi connectivity index (χ3v) is 8.64. The van der Waals surface area contributed by atoms with E-state index >= 15 is 0 Å². The van der Waals surface area contributed by atoms with Crippen LogP contribution < -0.4 is 0 Å². The van der Waals surface area contributed by atoms with Gasteiger partial charge >= 0.3 is 12.1 Å². The maximum absolute atomic E-state index is 13.1. The number of carbonyl (C=O) groups is 1. The van der Waals surface area contributed by atoms with Crippen LogP contribution in [0.1, 0.15) is 57.8 Å². The number of piperidine rings is 1. The minimum atomic E-state index is -4.18. The van der Waals surface area contributed by atoms with Crippen LogP contribution in [0.5, 0.6) is 0 Å². The molecule has 30 heavy (non-hydrogen) atoms. The minimum Gasteiger partial charge on any atom is -0.480 e. The Morgan fingerprint density at radius 2 is 1.73 bits per heavy atom. The number of alkyl halides is 3. The average Bonchev–Trinajstić information content (AvgIpc) is 2.70. The van der Waals surface area contributed by atoms with Crippen molar-refractivity contribution in [2.24, 2.45) is 5.92 Å². The van der Waals surface area contributed by atoms with E-state index in [4.69, 9.17) is 9.47 Å². The monoisotopic (exact) mass is 459 g/mol. The maximum Gasteiger partial charge on any atom is 0.391 e. The van der Waals surface area contributed by atoms with E-state index in [1.54, 1.807) is 0 Å². The summed E-state index contributed by atoms with van der Waals surface area (Å²) < 4.78 is 71.8. The Hall–Kier alpha value is -0.910. The van der Waals surface area contributed by atoms with Gasteiger partial charge in [-0.25, -0.2) is 12.7 Å². The summed E-state index contributed by atoms with van der Waals surface area (Å²) in [5.74, 6) is -0.927. The predicted octanol–water partition coefficient (Wildman–Crippen LogP) is 3.19. The van der Waals surface area contributed by atoms with E-state index in [0.717, 1.165) is 19.3 Å². The molecule has 0 aromatic carbocycles. The van der Waals surface area contributed by atoms with Crippen LogP contribution >= 0.6 is 0 Å². The summed E-state index contributed by atoms with van der Waals surface area (Å²) >= 11 is 0. The van der Waals surface area contributed by atoms with Crippen molar-refractivity contribution in [2.75, 3.05) is 39.5 Å². The molecule has 7 nitrogen and oxygen atoms in total. The first kappa shape index (κ1) is 25.4. The van der Waals surface area contributed by atoms with Crippen molar-refractivity contribution >= 4 is 16.0 Å². The van der Waals surface area contributed by atoms with E-state index in [1.807, 2.05) is 0 Å². The Morgan fingerprint density at radius 3 is 2.30 bits per heavy atom. The average molecular weight is 460 g/mol. The zero-order valence-corrected chi connectivity index (χ0v) is 18.0. The highest BCUT2D eigenvalue weighted by atomic mass is 32.2. The first-order chi connectivity index (χ1) is 14.1. The van der Waals surface area contributed by atoms with Gasteiger partial charge in [0.2, 0.25) is 10.0 Å². The van der Waals surface area contributed by atoms with Crippen molar-refractivity contribution < 1.29 is 41.0 Å². The Labute approximate surface area is 175 Å². The molecule has 0 aromatic rings. The van der Waals surface area contributed by atoms with Gasteiger partial charge in [0.05, 0.1) is 13.0 Å². The van der Waals surface area contributed by atoms with Gasteiger partial charge in [0.15, 0.2) is 4.75 Å². The molecule has 0 amide bonds. The molecule has 2 aliphatic heterocycles. The Bertz CT molecular complexity index is 641. The van der Waals surface area contributed by atoms with Gasteiger partial charge in [-0.05, 0) is 25.2 Å². The highest BCUT2D eigenvalue weighted by Gasteiger charge is 2.54. The van der Waals surface area contributed by atoms with E-state index in [9.17, 15) is 31.5 Å². The smallest absolute Gasteiger partial charge is 0.391 e. The van der Waals surface area contributed by atoms with Crippen molar-refractivity contribution in [3.63, 3.8) is 0 Å². The lowest BCUT2D eigenvalue weighted by atomic mass is 9.92. The summed E-state index contributed by atoms with van der Waals surface area (Å²) in [6, 6.07) is 0. The molecule has 0 bridgehead atoms. The predicted molar refractivity (Wildman–Crippen MR) is 104 cm³/mol. The molecule has 0 aliphatic carbocycles. The number of unbranched alkanes of at least 4 members (excludes halogenated alkanes) is 2. The third-order valence-electron chi connectivity index (χ3n) is 6.03. The number of hydrogen-bond acceptors (Lipinski definition) is 5. The van der Waals surface area contributed by atoms with E-state index in [0.29, 0.717) is 44.9 Å².